The van der Waals surface area contributed by atoms with Gasteiger partial charge in [-0.25, -0.2) is 19.6 Å². The van der Waals surface area contributed by atoms with Gasteiger partial charge < -0.3 is 29.8 Å². The number of unbranched alkanes of at least 4 members (excludes halogenated alkanes) is 2. The average molecular weight is 650 g/mol. The number of carbonyl (C=O) groups is 2. The van der Waals surface area contributed by atoms with E-state index < -0.39 is 11.9 Å². The summed E-state index contributed by atoms with van der Waals surface area (Å²) in [5, 5.41) is 9.51. The predicted octanol–water partition coefficient (Wildman–Crippen LogP) is 2.63. The summed E-state index contributed by atoms with van der Waals surface area (Å²) in [5.41, 5.74) is 7.66. The van der Waals surface area contributed by atoms with E-state index in [1.54, 1.807) is 18.2 Å². The van der Waals surface area contributed by atoms with Crippen LogP contribution in [-0.4, -0.2) is 128 Å². The van der Waals surface area contributed by atoms with Crippen LogP contribution in [0.15, 0.2) is 36.4 Å². The smallest absolute Gasteiger partial charge is 0.356 e. The zero-order chi connectivity index (χ0) is 32.5. The third-order valence-electron chi connectivity index (χ3n) is 6.80. The van der Waals surface area contributed by atoms with Crippen LogP contribution in [0.4, 0.5) is 0 Å². The van der Waals surface area contributed by atoms with E-state index in [1.165, 1.54) is 14.2 Å². The Morgan fingerprint density at radius 1 is 0.733 bits per heavy atom. The van der Waals surface area contributed by atoms with Crippen molar-refractivity contribution in [3.05, 3.63) is 59.2 Å². The fraction of sp³-hybridized carbons (Fsp3) is 0.625. The molecule has 0 spiro atoms. The second-order valence-electron chi connectivity index (χ2n) is 10.3. The maximum Gasteiger partial charge on any atom is 0.356 e. The topological polar surface area (TPSA) is 150 Å². The summed E-state index contributed by atoms with van der Waals surface area (Å²) in [5.74, 6) is 1.10. The number of hydrogen-bond donors (Lipinski definition) is 2. The molecule has 0 radical (unpaired) electrons. The third-order valence-corrected chi connectivity index (χ3v) is 7.90. The van der Waals surface area contributed by atoms with Crippen molar-refractivity contribution in [1.29, 1.82) is 0 Å². The van der Waals surface area contributed by atoms with E-state index in [0.29, 0.717) is 64.8 Å². The van der Waals surface area contributed by atoms with Gasteiger partial charge in [-0.1, -0.05) is 12.1 Å². The van der Waals surface area contributed by atoms with Crippen molar-refractivity contribution >= 4 is 23.7 Å². The maximum absolute atomic E-state index is 11.9. The lowest BCUT2D eigenvalue weighted by atomic mass is 10.2. The first kappa shape index (κ1) is 38.5. The largest absolute Gasteiger partial charge is 0.464 e. The van der Waals surface area contributed by atoms with E-state index in [9.17, 15) is 14.7 Å². The van der Waals surface area contributed by atoms with Gasteiger partial charge >= 0.3 is 11.9 Å². The molecular formula is C32H51N5O7S. The number of aliphatic hydroxyl groups is 1. The molecule has 0 amide bonds. The summed E-state index contributed by atoms with van der Waals surface area (Å²) in [6, 6.07) is 10.7. The molecule has 252 valence electrons. The summed E-state index contributed by atoms with van der Waals surface area (Å²) in [4.78, 5) is 36.9. The third kappa shape index (κ3) is 17.0. The zero-order valence-corrected chi connectivity index (χ0v) is 27.7. The summed E-state index contributed by atoms with van der Waals surface area (Å²) in [6.07, 6.45) is 3.87. The highest BCUT2D eigenvalue weighted by molar-refractivity contribution is 7.99. The van der Waals surface area contributed by atoms with Gasteiger partial charge in [0.25, 0.3) is 0 Å². The number of nitrogens with two attached hydrogens (primary N) is 1. The molecule has 2 heterocycles. The predicted molar refractivity (Wildman–Crippen MR) is 175 cm³/mol. The first-order valence-electron chi connectivity index (χ1n) is 15.6. The maximum atomic E-state index is 11.9. The number of hydrogen-bond acceptors (Lipinski definition) is 13. The zero-order valence-electron chi connectivity index (χ0n) is 26.9. The van der Waals surface area contributed by atoms with Crippen molar-refractivity contribution in [2.24, 2.45) is 5.73 Å². The van der Waals surface area contributed by atoms with Gasteiger partial charge in [-0.05, 0) is 62.2 Å². The molecule has 45 heavy (non-hydrogen) atoms. The van der Waals surface area contributed by atoms with Crippen LogP contribution in [0.3, 0.4) is 0 Å². The molecule has 0 saturated heterocycles. The molecule has 0 aromatic carbocycles. The van der Waals surface area contributed by atoms with Gasteiger partial charge in [0, 0.05) is 58.2 Å². The van der Waals surface area contributed by atoms with Gasteiger partial charge in [0.1, 0.15) is 11.4 Å². The molecule has 0 atom stereocenters. The molecule has 0 aliphatic heterocycles. The van der Waals surface area contributed by atoms with Crippen LogP contribution in [0.1, 0.15) is 58.0 Å². The van der Waals surface area contributed by atoms with Crippen LogP contribution in [0.2, 0.25) is 0 Å². The van der Waals surface area contributed by atoms with Crippen LogP contribution in [0.25, 0.3) is 0 Å². The number of rotatable bonds is 26. The van der Waals surface area contributed by atoms with E-state index >= 15 is 0 Å². The molecule has 0 fully saturated rings. The van der Waals surface area contributed by atoms with Crippen LogP contribution >= 0.6 is 11.8 Å². The lowest BCUT2D eigenvalue weighted by Gasteiger charge is -2.22. The minimum atomic E-state index is -0.463. The molecule has 0 unspecified atom stereocenters. The molecule has 0 saturated carbocycles. The minimum Gasteiger partial charge on any atom is -0.464 e. The van der Waals surface area contributed by atoms with Crippen LogP contribution in [-0.2, 0) is 32.0 Å². The van der Waals surface area contributed by atoms with Crippen LogP contribution in [0, 0.1) is 0 Å². The van der Waals surface area contributed by atoms with E-state index in [0.717, 1.165) is 61.7 Å². The number of aromatic nitrogens is 2. The first-order valence-corrected chi connectivity index (χ1v) is 16.7. The van der Waals surface area contributed by atoms with Gasteiger partial charge in [0.05, 0.1) is 45.4 Å². The molecule has 0 aliphatic carbocycles. The first-order chi connectivity index (χ1) is 22.0. The average Bonchev–Trinajstić information content (AvgIpc) is 3.06. The van der Waals surface area contributed by atoms with Crippen LogP contribution in [0.5, 0.6) is 0 Å². The molecule has 0 aliphatic rings. The number of carbonyl (C=O) groups excluding carboxylic acids is 2. The summed E-state index contributed by atoms with van der Waals surface area (Å²) in [6.45, 7) is 7.19. The van der Waals surface area contributed by atoms with Gasteiger partial charge in [0.15, 0.2) is 0 Å². The molecule has 2 aromatic heterocycles. The number of aliphatic hydroxyl groups excluding tert-OH is 1. The molecule has 12 nitrogen and oxygen atoms in total. The highest BCUT2D eigenvalue weighted by atomic mass is 32.2. The molecule has 2 aromatic rings. The van der Waals surface area contributed by atoms with Crippen molar-refractivity contribution in [2.45, 2.75) is 38.8 Å². The lowest BCUT2D eigenvalue weighted by molar-refractivity contribution is 0.0583. The molecular weight excluding hydrogens is 598 g/mol. The molecule has 3 N–H and O–H groups in total. The quantitative estimate of drug-likeness (QED) is 0.114. The van der Waals surface area contributed by atoms with Gasteiger partial charge in [0.2, 0.25) is 0 Å². The Kier molecular flexibility index (Phi) is 21.0. The summed E-state index contributed by atoms with van der Waals surface area (Å²) < 4.78 is 21.4. The normalized spacial score (nSPS) is 11.3. The Bertz CT molecular complexity index is 1100. The van der Waals surface area contributed by atoms with Crippen molar-refractivity contribution in [2.75, 3.05) is 91.5 Å². The number of esters is 2. The number of ether oxygens (including phenoxy) is 4. The highest BCUT2D eigenvalue weighted by Crippen LogP contribution is 2.09. The van der Waals surface area contributed by atoms with Gasteiger partial charge in [-0.15, -0.1) is 0 Å². The Morgan fingerprint density at radius 2 is 1.29 bits per heavy atom. The minimum absolute atomic E-state index is 0.0533. The second-order valence-corrected chi connectivity index (χ2v) is 11.6. The Balaban J connectivity index is 1.73. The number of pyridine rings is 2. The fourth-order valence-electron chi connectivity index (χ4n) is 4.47. The van der Waals surface area contributed by atoms with Gasteiger partial charge in [-0.2, -0.15) is 11.8 Å². The Morgan fingerprint density at radius 3 is 1.82 bits per heavy atom. The van der Waals surface area contributed by atoms with E-state index in [-0.39, 0.29) is 12.3 Å². The monoisotopic (exact) mass is 649 g/mol. The van der Waals surface area contributed by atoms with Crippen molar-refractivity contribution in [1.82, 2.24) is 19.8 Å². The molecule has 13 heteroatoms. The standard InChI is InChI=1S/C32H51N5O7S/c1-41-31(39)29-11-6-9-27(34-29)25-36(15-18-38)14-4-3-5-19-43-21-16-37(17-22-44-20-8-23-45-24-13-33)26-28-10-7-12-30(35-28)32(40)42-2/h6-7,9-12,38H,3-5,8,13-26,33H2,1-2H3. The Hall–Kier alpha value is -2.65. The van der Waals surface area contributed by atoms with Crippen molar-refractivity contribution < 1.29 is 33.6 Å². The van der Waals surface area contributed by atoms with E-state index in [1.807, 2.05) is 30.0 Å². The number of nitrogens with zero attached hydrogens (tertiary/aromatic N) is 4. The van der Waals surface area contributed by atoms with E-state index in [4.69, 9.17) is 24.7 Å². The number of methoxy groups -OCH3 is 2. The van der Waals surface area contributed by atoms with E-state index in [2.05, 4.69) is 19.8 Å². The van der Waals surface area contributed by atoms with Crippen molar-refractivity contribution in [3.63, 3.8) is 0 Å². The molecule has 2 rings (SSSR count). The SMILES string of the molecule is COC(=O)c1cccc(CN(CCO)CCCCCOCCN(CCOCCCSCCN)Cc2cccc(C(=O)OC)n2)n1. The highest BCUT2D eigenvalue weighted by Gasteiger charge is 2.13. The number of thioether (sulfide) groups is 1. The summed E-state index contributed by atoms with van der Waals surface area (Å²) in [7, 11) is 2.69. The molecule has 0 bridgehead atoms. The second kappa shape index (κ2) is 24.6. The lowest BCUT2D eigenvalue weighted by Crippen LogP contribution is -2.31. The Labute approximate surface area is 272 Å². The van der Waals surface area contributed by atoms with Crippen molar-refractivity contribution in [3.8, 4) is 0 Å². The summed E-state index contributed by atoms with van der Waals surface area (Å²) >= 11 is 1.84. The van der Waals surface area contributed by atoms with Gasteiger partial charge in [-0.3, -0.25) is 9.80 Å². The fourth-order valence-corrected chi connectivity index (χ4v) is 5.16. The van der Waals surface area contributed by atoms with Crippen LogP contribution < -0.4 is 5.73 Å².